The van der Waals surface area contributed by atoms with Gasteiger partial charge in [0.2, 0.25) is 0 Å². The molecule has 0 unspecified atom stereocenters. The molecule has 7 aromatic rings. The molecule has 49 heavy (non-hydrogen) atoms. The van der Waals surface area contributed by atoms with Crippen molar-refractivity contribution in [1.82, 2.24) is 0 Å². The Morgan fingerprint density at radius 3 is 1.78 bits per heavy atom. The van der Waals surface area contributed by atoms with Gasteiger partial charge in [-0.1, -0.05) is 105 Å². The van der Waals surface area contributed by atoms with E-state index in [1.807, 2.05) is 36.4 Å². The SMILES string of the molecule is Cc1ccc(-c2ccc(N(c3ccccc3)c3ccc4c(c3)C(C)(C)c3cc(Nc5ccccc5)ccc3-4)cc2)cc1Oc1ccccc1. The van der Waals surface area contributed by atoms with Crippen LogP contribution in [-0.4, -0.2) is 0 Å². The summed E-state index contributed by atoms with van der Waals surface area (Å²) in [4.78, 5) is 2.35. The van der Waals surface area contributed by atoms with E-state index in [0.717, 1.165) is 56.6 Å². The largest absolute Gasteiger partial charge is 0.457 e. The van der Waals surface area contributed by atoms with Gasteiger partial charge in [-0.15, -0.1) is 0 Å². The van der Waals surface area contributed by atoms with Crippen LogP contribution in [-0.2, 0) is 5.41 Å². The summed E-state index contributed by atoms with van der Waals surface area (Å²) in [6.07, 6.45) is 0. The maximum atomic E-state index is 6.25. The van der Waals surface area contributed by atoms with Gasteiger partial charge in [-0.2, -0.15) is 0 Å². The zero-order chi connectivity index (χ0) is 33.4. The van der Waals surface area contributed by atoms with Gasteiger partial charge in [-0.05, 0) is 125 Å². The van der Waals surface area contributed by atoms with E-state index < -0.39 is 0 Å². The Kier molecular flexibility index (Phi) is 7.74. The van der Waals surface area contributed by atoms with Crippen molar-refractivity contribution in [2.75, 3.05) is 10.2 Å². The summed E-state index contributed by atoms with van der Waals surface area (Å²) < 4.78 is 6.25. The smallest absolute Gasteiger partial charge is 0.130 e. The Hall–Kier alpha value is -6.06. The average Bonchev–Trinajstić information content (AvgIpc) is 3.36. The molecule has 1 N–H and O–H groups in total. The normalized spacial score (nSPS) is 12.6. The molecule has 0 bridgehead atoms. The van der Waals surface area contributed by atoms with Crippen LogP contribution < -0.4 is 15.0 Å². The zero-order valence-electron chi connectivity index (χ0n) is 28.0. The summed E-state index contributed by atoms with van der Waals surface area (Å²) in [5.74, 6) is 1.70. The van der Waals surface area contributed by atoms with E-state index in [2.05, 4.69) is 164 Å². The molecule has 0 radical (unpaired) electrons. The molecule has 8 rings (SSSR count). The summed E-state index contributed by atoms with van der Waals surface area (Å²) >= 11 is 0. The monoisotopic (exact) mass is 634 g/mol. The summed E-state index contributed by atoms with van der Waals surface area (Å²) in [6.45, 7) is 6.76. The highest BCUT2D eigenvalue weighted by molar-refractivity contribution is 5.87. The van der Waals surface area contributed by atoms with Crippen LogP contribution in [0.25, 0.3) is 22.3 Å². The first-order valence-corrected chi connectivity index (χ1v) is 16.8. The van der Waals surface area contributed by atoms with Crippen LogP contribution in [0.1, 0.15) is 30.5 Å². The molecule has 0 aliphatic heterocycles. The quantitative estimate of drug-likeness (QED) is 0.180. The maximum Gasteiger partial charge on any atom is 0.130 e. The van der Waals surface area contributed by atoms with Crippen molar-refractivity contribution in [3.63, 3.8) is 0 Å². The summed E-state index contributed by atoms with van der Waals surface area (Å²) in [5.41, 5.74) is 14.0. The standard InChI is InChI=1S/C46H38N2O/c1-32-19-20-34(29-45(32)49-40-17-11-6-12-18-40)33-21-24-38(25-22-33)48(37-15-9-5-10-16-37)39-26-28-42-41-27-23-36(47-35-13-7-4-8-14-35)30-43(41)46(2,3)44(42)31-39/h4-31,47H,1-3H3. The number of aryl methyl sites for hydroxylation is 1. The first kappa shape index (κ1) is 30.3. The first-order valence-electron chi connectivity index (χ1n) is 16.8. The number of nitrogens with one attached hydrogen (secondary N) is 1. The summed E-state index contributed by atoms with van der Waals surface area (Å²) in [7, 11) is 0. The Labute approximate surface area is 289 Å². The second-order valence-corrected chi connectivity index (χ2v) is 13.2. The second kappa shape index (κ2) is 12.5. The maximum absolute atomic E-state index is 6.25. The van der Waals surface area contributed by atoms with E-state index in [1.165, 1.54) is 22.3 Å². The lowest BCUT2D eigenvalue weighted by atomic mass is 9.82. The van der Waals surface area contributed by atoms with E-state index in [0.29, 0.717) is 0 Å². The Morgan fingerprint density at radius 1 is 0.490 bits per heavy atom. The van der Waals surface area contributed by atoms with Gasteiger partial charge in [0.1, 0.15) is 11.5 Å². The highest BCUT2D eigenvalue weighted by Gasteiger charge is 2.36. The molecule has 0 heterocycles. The van der Waals surface area contributed by atoms with Gasteiger partial charge in [-0.25, -0.2) is 0 Å². The summed E-state index contributed by atoms with van der Waals surface area (Å²) in [6, 6.07) is 59.9. The van der Waals surface area contributed by atoms with E-state index in [9.17, 15) is 0 Å². The van der Waals surface area contributed by atoms with Crippen molar-refractivity contribution in [1.29, 1.82) is 0 Å². The van der Waals surface area contributed by atoms with Gasteiger partial charge in [0.05, 0.1) is 0 Å². The number of hydrogen-bond donors (Lipinski definition) is 1. The van der Waals surface area contributed by atoms with Crippen LogP contribution in [0.4, 0.5) is 28.4 Å². The molecule has 0 fully saturated rings. The van der Waals surface area contributed by atoms with Gasteiger partial charge in [0, 0.05) is 33.9 Å². The van der Waals surface area contributed by atoms with Crippen LogP contribution in [0.3, 0.4) is 0 Å². The van der Waals surface area contributed by atoms with E-state index in [4.69, 9.17) is 4.74 Å². The minimum Gasteiger partial charge on any atom is -0.457 e. The third-order valence-corrected chi connectivity index (χ3v) is 9.61. The average molecular weight is 635 g/mol. The molecule has 238 valence electrons. The molecule has 0 atom stereocenters. The zero-order valence-corrected chi connectivity index (χ0v) is 28.0. The molecule has 1 aliphatic rings. The molecule has 3 nitrogen and oxygen atoms in total. The fraction of sp³-hybridized carbons (Fsp3) is 0.0870. The third-order valence-electron chi connectivity index (χ3n) is 9.61. The topological polar surface area (TPSA) is 24.5 Å². The Balaban J connectivity index is 1.13. The summed E-state index contributed by atoms with van der Waals surface area (Å²) in [5, 5.41) is 3.59. The van der Waals surface area contributed by atoms with Crippen LogP contribution in [0.15, 0.2) is 170 Å². The van der Waals surface area contributed by atoms with Gasteiger partial charge >= 0.3 is 0 Å². The Morgan fingerprint density at radius 2 is 1.06 bits per heavy atom. The minimum atomic E-state index is -0.160. The number of benzene rings is 7. The number of hydrogen-bond acceptors (Lipinski definition) is 3. The number of ether oxygens (including phenoxy) is 1. The van der Waals surface area contributed by atoms with Crippen LogP contribution in [0.5, 0.6) is 11.5 Å². The van der Waals surface area contributed by atoms with Crippen LogP contribution in [0, 0.1) is 6.92 Å². The second-order valence-electron chi connectivity index (χ2n) is 13.2. The molecule has 1 aliphatic carbocycles. The Bertz CT molecular complexity index is 2240. The molecule has 0 amide bonds. The number of anilines is 5. The molecule has 0 saturated heterocycles. The lowest BCUT2D eigenvalue weighted by molar-refractivity contribution is 0.479. The lowest BCUT2D eigenvalue weighted by Crippen LogP contribution is -2.16. The van der Waals surface area contributed by atoms with Gasteiger partial charge in [0.15, 0.2) is 0 Å². The number of fused-ring (bicyclic) bond motifs is 3. The van der Waals surface area contributed by atoms with Crippen molar-refractivity contribution in [3.8, 4) is 33.8 Å². The minimum absolute atomic E-state index is 0.160. The number of rotatable bonds is 8. The highest BCUT2D eigenvalue weighted by atomic mass is 16.5. The third kappa shape index (κ3) is 5.85. The molecule has 0 aromatic heterocycles. The van der Waals surface area contributed by atoms with Gasteiger partial charge < -0.3 is 15.0 Å². The number of nitrogens with zero attached hydrogens (tertiary/aromatic N) is 1. The predicted octanol–water partition coefficient (Wildman–Crippen LogP) is 13.0. The fourth-order valence-electron chi connectivity index (χ4n) is 6.96. The lowest BCUT2D eigenvalue weighted by Gasteiger charge is -2.28. The molecule has 3 heteroatoms. The van der Waals surface area contributed by atoms with Crippen molar-refractivity contribution in [2.24, 2.45) is 0 Å². The van der Waals surface area contributed by atoms with Crippen molar-refractivity contribution < 1.29 is 4.74 Å². The van der Waals surface area contributed by atoms with Crippen LogP contribution >= 0.6 is 0 Å². The van der Waals surface area contributed by atoms with Crippen LogP contribution in [0.2, 0.25) is 0 Å². The van der Waals surface area contributed by atoms with E-state index in [1.54, 1.807) is 0 Å². The number of para-hydroxylation sites is 3. The predicted molar refractivity (Wildman–Crippen MR) is 205 cm³/mol. The van der Waals surface area contributed by atoms with Crippen molar-refractivity contribution >= 4 is 28.4 Å². The molecular formula is C46H38N2O. The van der Waals surface area contributed by atoms with E-state index >= 15 is 0 Å². The molecule has 7 aromatic carbocycles. The highest BCUT2D eigenvalue weighted by Crippen LogP contribution is 2.51. The van der Waals surface area contributed by atoms with Gasteiger partial charge in [-0.3, -0.25) is 0 Å². The first-order chi connectivity index (χ1) is 23.9. The molecular weight excluding hydrogens is 597 g/mol. The van der Waals surface area contributed by atoms with E-state index in [-0.39, 0.29) is 5.41 Å². The molecule has 0 saturated carbocycles. The van der Waals surface area contributed by atoms with Crippen molar-refractivity contribution in [3.05, 3.63) is 187 Å². The molecule has 0 spiro atoms. The van der Waals surface area contributed by atoms with Gasteiger partial charge in [0.25, 0.3) is 0 Å². The fourth-order valence-corrected chi connectivity index (χ4v) is 6.96. The van der Waals surface area contributed by atoms with Crippen molar-refractivity contribution in [2.45, 2.75) is 26.2 Å².